The second kappa shape index (κ2) is 12.0. The van der Waals surface area contributed by atoms with Crippen LogP contribution in [0.2, 0.25) is 0 Å². The van der Waals surface area contributed by atoms with Gasteiger partial charge in [0.15, 0.2) is 0 Å². The van der Waals surface area contributed by atoms with Crippen molar-refractivity contribution in [3.63, 3.8) is 0 Å². The molecule has 3 N–H and O–H groups in total. The second-order valence-electron chi connectivity index (χ2n) is 8.61. The third-order valence-corrected chi connectivity index (χ3v) is 6.21. The van der Waals surface area contributed by atoms with E-state index in [4.69, 9.17) is 10.5 Å². The van der Waals surface area contributed by atoms with Crippen LogP contribution in [0.5, 0.6) is 0 Å². The highest BCUT2D eigenvalue weighted by molar-refractivity contribution is 5.88. The topological polar surface area (TPSA) is 98.5 Å². The van der Waals surface area contributed by atoms with Gasteiger partial charge in [-0.3, -0.25) is 14.4 Å². The number of carbonyl (C=O) groups excluding carboxylic acids is 3. The van der Waals surface area contributed by atoms with Gasteiger partial charge in [-0.25, -0.2) is 0 Å². The van der Waals surface area contributed by atoms with E-state index in [-0.39, 0.29) is 25.4 Å². The van der Waals surface area contributed by atoms with Crippen LogP contribution in [0.3, 0.4) is 0 Å². The Bertz CT molecular complexity index is 1020. The lowest BCUT2D eigenvalue weighted by Crippen LogP contribution is -2.50. The Balaban J connectivity index is 2.01. The van der Waals surface area contributed by atoms with Crippen LogP contribution in [-0.2, 0) is 24.5 Å². The molecule has 3 aromatic carbocycles. The average Bonchev–Trinajstić information content (AvgIpc) is 2.87. The summed E-state index contributed by atoms with van der Waals surface area (Å²) in [5.41, 5.74) is 7.66. The normalized spacial score (nSPS) is 12.9. The number of hydrogen-bond acceptors (Lipinski definition) is 4. The molecule has 3 aromatic rings. The van der Waals surface area contributed by atoms with Crippen LogP contribution in [0.15, 0.2) is 91.0 Å². The number of primary amides is 1. The molecule has 0 aliphatic rings. The van der Waals surface area contributed by atoms with Gasteiger partial charge in [0.1, 0.15) is 6.04 Å². The van der Waals surface area contributed by atoms with Crippen molar-refractivity contribution in [2.24, 2.45) is 11.7 Å². The summed E-state index contributed by atoms with van der Waals surface area (Å²) in [6.07, 6.45) is 0.0177. The predicted molar refractivity (Wildman–Crippen MR) is 135 cm³/mol. The highest BCUT2D eigenvalue weighted by Crippen LogP contribution is 2.42. The first kappa shape index (κ1) is 25.7. The lowest BCUT2D eigenvalue weighted by atomic mass is 9.67. The van der Waals surface area contributed by atoms with Gasteiger partial charge in [-0.15, -0.1) is 0 Å². The highest BCUT2D eigenvalue weighted by Gasteiger charge is 2.39. The molecule has 0 bridgehead atoms. The lowest BCUT2D eigenvalue weighted by molar-refractivity contribution is -0.144. The molecular weight excluding hydrogens is 440 g/mol. The Hall–Kier alpha value is -3.93. The third-order valence-electron chi connectivity index (χ3n) is 6.21. The maximum absolute atomic E-state index is 13.6. The summed E-state index contributed by atoms with van der Waals surface area (Å²) in [5, 5.41) is 2.81. The van der Waals surface area contributed by atoms with E-state index in [1.165, 1.54) is 0 Å². The van der Waals surface area contributed by atoms with E-state index < -0.39 is 29.3 Å². The van der Waals surface area contributed by atoms with E-state index in [0.29, 0.717) is 0 Å². The van der Waals surface area contributed by atoms with Crippen LogP contribution in [0.25, 0.3) is 0 Å². The van der Waals surface area contributed by atoms with Gasteiger partial charge in [0.25, 0.3) is 0 Å². The number of nitrogens with two attached hydrogens (primary N) is 1. The number of esters is 1. The van der Waals surface area contributed by atoms with Crippen molar-refractivity contribution < 1.29 is 19.1 Å². The average molecular weight is 473 g/mol. The molecule has 0 aliphatic carbocycles. The Morgan fingerprint density at radius 2 is 1.26 bits per heavy atom. The molecule has 182 valence electrons. The van der Waals surface area contributed by atoms with Gasteiger partial charge < -0.3 is 15.8 Å². The number of ether oxygens (including phenoxy) is 1. The minimum atomic E-state index is -1.01. The van der Waals surface area contributed by atoms with Crippen molar-refractivity contribution in [2.45, 2.75) is 38.1 Å². The fourth-order valence-electron chi connectivity index (χ4n) is 4.53. The Kier molecular flexibility index (Phi) is 8.79. The van der Waals surface area contributed by atoms with E-state index in [1.807, 2.05) is 91.0 Å². The van der Waals surface area contributed by atoms with E-state index >= 15 is 0 Å². The first-order chi connectivity index (χ1) is 16.9. The van der Waals surface area contributed by atoms with E-state index in [2.05, 4.69) is 5.32 Å². The van der Waals surface area contributed by atoms with E-state index in [9.17, 15) is 14.4 Å². The molecule has 0 saturated heterocycles. The van der Waals surface area contributed by atoms with Gasteiger partial charge in [0.05, 0.1) is 18.4 Å². The molecule has 0 aliphatic heterocycles. The molecule has 0 spiro atoms. The standard InChI is InChI=1S/C29H32N2O4/c1-3-35-26(33)19-21(2)27(28(30)34)31-25(32)20-29(22-13-7-4-8-14-22,23-15-9-5-10-16-23)24-17-11-6-12-18-24/h4-18,21,27H,3,19-20H2,1-2H3,(H2,30,34)(H,31,32)/t21-,27-/m1/s1. The summed E-state index contributed by atoms with van der Waals surface area (Å²) in [6.45, 7) is 3.66. The van der Waals surface area contributed by atoms with Crippen LogP contribution >= 0.6 is 0 Å². The maximum atomic E-state index is 13.6. The Morgan fingerprint density at radius 3 is 1.63 bits per heavy atom. The molecule has 0 heterocycles. The van der Waals surface area contributed by atoms with Crippen molar-refractivity contribution in [2.75, 3.05) is 6.61 Å². The van der Waals surface area contributed by atoms with E-state index in [1.54, 1.807) is 13.8 Å². The van der Waals surface area contributed by atoms with Crippen molar-refractivity contribution >= 4 is 17.8 Å². The van der Waals surface area contributed by atoms with Crippen molar-refractivity contribution in [3.05, 3.63) is 108 Å². The van der Waals surface area contributed by atoms with Crippen LogP contribution in [-0.4, -0.2) is 30.4 Å². The van der Waals surface area contributed by atoms with Crippen molar-refractivity contribution in [1.82, 2.24) is 5.32 Å². The van der Waals surface area contributed by atoms with Crippen LogP contribution in [0.1, 0.15) is 43.4 Å². The number of amides is 2. The first-order valence-electron chi connectivity index (χ1n) is 11.8. The van der Waals surface area contributed by atoms with Gasteiger partial charge in [0, 0.05) is 6.42 Å². The minimum absolute atomic E-state index is 0.0249. The molecule has 35 heavy (non-hydrogen) atoms. The monoisotopic (exact) mass is 472 g/mol. The predicted octanol–water partition coefficient (Wildman–Crippen LogP) is 3.97. The molecule has 0 unspecified atom stereocenters. The molecule has 2 amide bonds. The number of rotatable bonds is 11. The number of hydrogen-bond donors (Lipinski definition) is 2. The fraction of sp³-hybridized carbons (Fsp3) is 0.276. The van der Waals surface area contributed by atoms with Crippen LogP contribution in [0.4, 0.5) is 0 Å². The van der Waals surface area contributed by atoms with Crippen molar-refractivity contribution in [1.29, 1.82) is 0 Å². The molecule has 0 aromatic heterocycles. The summed E-state index contributed by atoms with van der Waals surface area (Å²) in [7, 11) is 0. The smallest absolute Gasteiger partial charge is 0.306 e. The zero-order valence-electron chi connectivity index (χ0n) is 20.1. The molecule has 6 nitrogen and oxygen atoms in total. The Labute approximate surface area is 206 Å². The molecule has 2 atom stereocenters. The van der Waals surface area contributed by atoms with Gasteiger partial charge in [0.2, 0.25) is 11.8 Å². The maximum Gasteiger partial charge on any atom is 0.306 e. The van der Waals surface area contributed by atoms with Crippen LogP contribution < -0.4 is 11.1 Å². The van der Waals surface area contributed by atoms with Crippen LogP contribution in [0, 0.1) is 5.92 Å². The summed E-state index contributed by atoms with van der Waals surface area (Å²) >= 11 is 0. The largest absolute Gasteiger partial charge is 0.466 e. The molecule has 0 saturated carbocycles. The number of carbonyl (C=O) groups is 3. The minimum Gasteiger partial charge on any atom is -0.466 e. The SMILES string of the molecule is CCOC(=O)C[C@@H](C)[C@@H](NC(=O)CC(c1ccccc1)(c1ccccc1)c1ccccc1)C(N)=O. The zero-order chi connectivity index (χ0) is 25.3. The summed E-state index contributed by atoms with van der Waals surface area (Å²) in [6, 6.07) is 28.5. The summed E-state index contributed by atoms with van der Waals surface area (Å²) in [5.74, 6) is -2.00. The van der Waals surface area contributed by atoms with Gasteiger partial charge >= 0.3 is 5.97 Å². The molecule has 6 heteroatoms. The molecule has 0 radical (unpaired) electrons. The second-order valence-corrected chi connectivity index (χ2v) is 8.61. The molecule has 3 rings (SSSR count). The third kappa shape index (κ3) is 6.15. The van der Waals surface area contributed by atoms with Gasteiger partial charge in [-0.1, -0.05) is 97.9 Å². The zero-order valence-corrected chi connectivity index (χ0v) is 20.1. The lowest BCUT2D eigenvalue weighted by Gasteiger charge is -2.36. The number of nitrogens with one attached hydrogen (secondary N) is 1. The number of benzene rings is 3. The quantitative estimate of drug-likeness (QED) is 0.326. The summed E-state index contributed by atoms with van der Waals surface area (Å²) in [4.78, 5) is 37.8. The summed E-state index contributed by atoms with van der Waals surface area (Å²) < 4.78 is 5.00. The van der Waals surface area contributed by atoms with E-state index in [0.717, 1.165) is 16.7 Å². The highest BCUT2D eigenvalue weighted by atomic mass is 16.5. The fourth-order valence-corrected chi connectivity index (χ4v) is 4.53. The van der Waals surface area contributed by atoms with Gasteiger partial charge in [-0.05, 0) is 29.5 Å². The molecular formula is C29H32N2O4. The van der Waals surface area contributed by atoms with Gasteiger partial charge in [-0.2, -0.15) is 0 Å². The van der Waals surface area contributed by atoms with Crippen molar-refractivity contribution in [3.8, 4) is 0 Å². The first-order valence-corrected chi connectivity index (χ1v) is 11.8. The molecule has 0 fully saturated rings. The Morgan fingerprint density at radius 1 is 0.829 bits per heavy atom.